The van der Waals surface area contributed by atoms with Crippen molar-refractivity contribution in [1.82, 2.24) is 9.97 Å². The van der Waals surface area contributed by atoms with Crippen molar-refractivity contribution in [1.29, 1.82) is 0 Å². The van der Waals surface area contributed by atoms with Gasteiger partial charge in [0, 0.05) is 31.7 Å². The SMILES string of the molecule is C[C@@H]1CN(c2cc(=O)[nH]c(N3CCC[C@@H]3Cc3ccccc3)n2)C[C@@H](C)O1. The fourth-order valence-corrected chi connectivity index (χ4v) is 4.31. The van der Waals surface area contributed by atoms with Crippen molar-refractivity contribution in [3.63, 3.8) is 0 Å². The van der Waals surface area contributed by atoms with Crippen molar-refractivity contribution in [2.45, 2.75) is 51.4 Å². The van der Waals surface area contributed by atoms with E-state index in [0.717, 1.165) is 44.7 Å². The number of nitrogens with one attached hydrogen (secondary N) is 1. The molecule has 27 heavy (non-hydrogen) atoms. The minimum absolute atomic E-state index is 0.0906. The molecule has 2 aromatic rings. The topological polar surface area (TPSA) is 61.5 Å². The molecule has 0 spiro atoms. The molecule has 0 radical (unpaired) electrons. The first kappa shape index (κ1) is 18.0. The maximum atomic E-state index is 12.4. The van der Waals surface area contributed by atoms with Gasteiger partial charge in [-0.05, 0) is 38.7 Å². The van der Waals surface area contributed by atoms with Gasteiger partial charge in [0.1, 0.15) is 5.82 Å². The second-order valence-electron chi connectivity index (χ2n) is 7.77. The van der Waals surface area contributed by atoms with Crippen LogP contribution in [-0.2, 0) is 11.2 Å². The first-order valence-corrected chi connectivity index (χ1v) is 9.91. The Balaban J connectivity index is 1.57. The Morgan fingerprint density at radius 2 is 1.93 bits per heavy atom. The van der Waals surface area contributed by atoms with E-state index in [0.29, 0.717) is 12.0 Å². The molecular weight excluding hydrogens is 340 g/mol. The van der Waals surface area contributed by atoms with Crippen LogP contribution in [0.5, 0.6) is 0 Å². The molecule has 3 atom stereocenters. The maximum absolute atomic E-state index is 12.4. The van der Waals surface area contributed by atoms with E-state index in [1.807, 2.05) is 6.07 Å². The third-order valence-electron chi connectivity index (χ3n) is 5.42. The summed E-state index contributed by atoms with van der Waals surface area (Å²) in [5.74, 6) is 1.45. The van der Waals surface area contributed by atoms with Gasteiger partial charge >= 0.3 is 0 Å². The van der Waals surface area contributed by atoms with Crippen molar-refractivity contribution >= 4 is 11.8 Å². The molecule has 1 aromatic carbocycles. The smallest absolute Gasteiger partial charge is 0.254 e. The minimum Gasteiger partial charge on any atom is -0.372 e. The monoisotopic (exact) mass is 368 g/mol. The lowest BCUT2D eigenvalue weighted by atomic mass is 10.0. The lowest BCUT2D eigenvalue weighted by Gasteiger charge is -2.36. The van der Waals surface area contributed by atoms with Crippen LogP contribution in [0.4, 0.5) is 11.8 Å². The highest BCUT2D eigenvalue weighted by Gasteiger charge is 2.28. The molecule has 0 aliphatic carbocycles. The number of hydrogen-bond donors (Lipinski definition) is 1. The van der Waals surface area contributed by atoms with Crippen LogP contribution in [0.3, 0.4) is 0 Å². The molecule has 2 aliphatic rings. The second-order valence-corrected chi connectivity index (χ2v) is 7.77. The van der Waals surface area contributed by atoms with Gasteiger partial charge in [0.25, 0.3) is 5.56 Å². The number of H-pyrrole nitrogens is 1. The molecule has 2 fully saturated rings. The van der Waals surface area contributed by atoms with Crippen LogP contribution in [0.15, 0.2) is 41.2 Å². The third-order valence-corrected chi connectivity index (χ3v) is 5.42. The van der Waals surface area contributed by atoms with Crippen LogP contribution >= 0.6 is 0 Å². The summed E-state index contributed by atoms with van der Waals surface area (Å²) in [4.78, 5) is 24.6. The molecule has 0 bridgehead atoms. The van der Waals surface area contributed by atoms with Crippen LogP contribution in [-0.4, -0.2) is 47.9 Å². The molecule has 0 unspecified atom stereocenters. The van der Waals surface area contributed by atoms with Crippen LogP contribution < -0.4 is 15.4 Å². The van der Waals surface area contributed by atoms with E-state index in [2.05, 4.69) is 52.9 Å². The van der Waals surface area contributed by atoms with Crippen molar-refractivity contribution in [2.75, 3.05) is 29.4 Å². The number of anilines is 2. The highest BCUT2D eigenvalue weighted by atomic mass is 16.5. The number of morpholine rings is 1. The summed E-state index contributed by atoms with van der Waals surface area (Å²) < 4.78 is 5.82. The van der Waals surface area contributed by atoms with Crippen molar-refractivity contribution < 1.29 is 4.74 Å². The van der Waals surface area contributed by atoms with E-state index < -0.39 is 0 Å². The van der Waals surface area contributed by atoms with Crippen molar-refractivity contribution in [3.8, 4) is 0 Å². The van der Waals surface area contributed by atoms with Crippen molar-refractivity contribution in [3.05, 3.63) is 52.3 Å². The fraction of sp³-hybridized carbons (Fsp3) is 0.524. The normalized spacial score (nSPS) is 25.8. The van der Waals surface area contributed by atoms with E-state index in [9.17, 15) is 4.79 Å². The largest absolute Gasteiger partial charge is 0.372 e. The van der Waals surface area contributed by atoms with Crippen molar-refractivity contribution in [2.24, 2.45) is 0 Å². The molecule has 1 aromatic heterocycles. The van der Waals surface area contributed by atoms with E-state index in [1.165, 1.54) is 5.56 Å². The zero-order valence-corrected chi connectivity index (χ0v) is 16.1. The zero-order valence-electron chi connectivity index (χ0n) is 16.1. The summed E-state index contributed by atoms with van der Waals surface area (Å²) in [6.07, 6.45) is 3.48. The minimum atomic E-state index is -0.0906. The predicted molar refractivity (Wildman–Crippen MR) is 108 cm³/mol. The molecular formula is C21H28N4O2. The summed E-state index contributed by atoms with van der Waals surface area (Å²) in [6, 6.07) is 12.5. The van der Waals surface area contributed by atoms with Gasteiger partial charge in [0.2, 0.25) is 5.95 Å². The number of aromatic amines is 1. The van der Waals surface area contributed by atoms with Gasteiger partial charge in [-0.15, -0.1) is 0 Å². The summed E-state index contributed by atoms with van der Waals surface area (Å²) >= 11 is 0. The van der Waals surface area contributed by atoms with E-state index in [-0.39, 0.29) is 17.8 Å². The zero-order chi connectivity index (χ0) is 18.8. The van der Waals surface area contributed by atoms with Crippen LogP contribution in [0.1, 0.15) is 32.3 Å². The first-order valence-electron chi connectivity index (χ1n) is 9.91. The van der Waals surface area contributed by atoms with Crippen LogP contribution in [0.2, 0.25) is 0 Å². The standard InChI is InChI=1S/C21H28N4O2/c1-15-13-24(14-16(2)27-15)19-12-20(26)23-21(22-19)25-10-6-9-18(25)11-17-7-4-3-5-8-17/h3-5,7-8,12,15-16,18H,6,9-11,13-14H2,1-2H3,(H,22,23,26)/t15-,16-,18-/m1/s1. The molecule has 2 saturated heterocycles. The van der Waals surface area contributed by atoms with Gasteiger partial charge in [0.05, 0.1) is 12.2 Å². The fourth-order valence-electron chi connectivity index (χ4n) is 4.31. The van der Waals surface area contributed by atoms with Gasteiger partial charge in [0.15, 0.2) is 0 Å². The molecule has 4 rings (SSSR count). The molecule has 1 N–H and O–H groups in total. The molecule has 3 heterocycles. The molecule has 0 amide bonds. The summed E-state index contributed by atoms with van der Waals surface area (Å²) in [5, 5.41) is 0. The molecule has 6 heteroatoms. The van der Waals surface area contributed by atoms with Crippen LogP contribution in [0.25, 0.3) is 0 Å². The number of ether oxygens (including phenoxy) is 1. The number of aromatic nitrogens is 2. The lowest BCUT2D eigenvalue weighted by molar-refractivity contribution is -0.00546. The third kappa shape index (κ3) is 4.16. The highest BCUT2D eigenvalue weighted by Crippen LogP contribution is 2.26. The molecule has 0 saturated carbocycles. The Morgan fingerprint density at radius 3 is 2.67 bits per heavy atom. The van der Waals surface area contributed by atoms with Gasteiger partial charge in [-0.25, -0.2) is 0 Å². The van der Waals surface area contributed by atoms with Crippen LogP contribution in [0, 0.1) is 0 Å². The second kappa shape index (κ2) is 7.72. The first-order chi connectivity index (χ1) is 13.1. The molecule has 6 nitrogen and oxygen atoms in total. The quantitative estimate of drug-likeness (QED) is 0.899. The lowest BCUT2D eigenvalue weighted by Crippen LogP contribution is -2.46. The Morgan fingerprint density at radius 1 is 1.19 bits per heavy atom. The van der Waals surface area contributed by atoms with E-state index in [4.69, 9.17) is 9.72 Å². The summed E-state index contributed by atoms with van der Waals surface area (Å²) in [6.45, 7) is 6.57. The highest BCUT2D eigenvalue weighted by molar-refractivity contribution is 5.45. The summed E-state index contributed by atoms with van der Waals surface area (Å²) in [5.41, 5.74) is 1.23. The van der Waals surface area contributed by atoms with Gasteiger partial charge < -0.3 is 14.5 Å². The Hall–Kier alpha value is -2.34. The average Bonchev–Trinajstić information content (AvgIpc) is 3.09. The number of nitrogens with zero attached hydrogens (tertiary/aromatic N) is 3. The Labute approximate surface area is 160 Å². The number of benzene rings is 1. The van der Waals surface area contributed by atoms with Gasteiger partial charge in [-0.3, -0.25) is 9.78 Å². The summed E-state index contributed by atoms with van der Waals surface area (Å²) in [7, 11) is 0. The number of hydrogen-bond acceptors (Lipinski definition) is 5. The predicted octanol–water partition coefficient (Wildman–Crippen LogP) is 2.60. The van der Waals surface area contributed by atoms with Gasteiger partial charge in [-0.1, -0.05) is 30.3 Å². The van der Waals surface area contributed by atoms with Gasteiger partial charge in [-0.2, -0.15) is 4.98 Å². The number of rotatable bonds is 4. The Bertz CT molecular complexity index is 812. The molecule has 144 valence electrons. The van der Waals surface area contributed by atoms with E-state index in [1.54, 1.807) is 6.07 Å². The Kier molecular flexibility index (Phi) is 5.16. The van der Waals surface area contributed by atoms with E-state index >= 15 is 0 Å². The molecule has 2 aliphatic heterocycles. The average molecular weight is 368 g/mol. The maximum Gasteiger partial charge on any atom is 0.254 e.